The number of aliphatic carboxylic acids is 1. The second-order valence-corrected chi connectivity index (χ2v) is 10.0. The van der Waals surface area contributed by atoms with Crippen molar-refractivity contribution in [2.24, 2.45) is 0 Å². The lowest BCUT2D eigenvalue weighted by Crippen LogP contribution is -2.46. The van der Waals surface area contributed by atoms with Crippen LogP contribution in [-0.2, 0) is 10.2 Å². The fraction of sp³-hybridized carbons (Fsp3) is 0.346. The predicted molar refractivity (Wildman–Crippen MR) is 124 cm³/mol. The third-order valence-corrected chi connectivity index (χ3v) is 7.14. The quantitative estimate of drug-likeness (QED) is 0.369. The van der Waals surface area contributed by atoms with Crippen molar-refractivity contribution < 1.29 is 23.1 Å². The third-order valence-electron chi connectivity index (χ3n) is 7.14. The summed E-state index contributed by atoms with van der Waals surface area (Å²) in [6.07, 6.45) is 0.954. The number of rotatable bonds is 5. The molecule has 0 saturated heterocycles. The molecule has 0 unspecified atom stereocenters. The zero-order valence-corrected chi connectivity index (χ0v) is 19.4. The number of aryl methyl sites for hydroxylation is 1. The van der Waals surface area contributed by atoms with Gasteiger partial charge < -0.3 is 9.67 Å². The number of nitriles is 1. The van der Waals surface area contributed by atoms with Crippen molar-refractivity contribution in [2.75, 3.05) is 0 Å². The van der Waals surface area contributed by atoms with Gasteiger partial charge in [-0.15, -0.1) is 0 Å². The lowest BCUT2D eigenvalue weighted by Gasteiger charge is -2.40. The molecule has 35 heavy (non-hydrogen) atoms. The van der Waals surface area contributed by atoms with Crippen molar-refractivity contribution in [1.82, 2.24) is 14.8 Å². The van der Waals surface area contributed by atoms with Crippen LogP contribution in [0.15, 0.2) is 30.5 Å². The van der Waals surface area contributed by atoms with Gasteiger partial charge >= 0.3 is 5.97 Å². The summed E-state index contributed by atoms with van der Waals surface area (Å²) in [6.45, 7) is 5.30. The number of hydrogen-bond acceptors (Lipinski definition) is 3. The molecule has 9 heteroatoms. The Morgan fingerprint density at radius 3 is 2.69 bits per heavy atom. The summed E-state index contributed by atoms with van der Waals surface area (Å²) in [4.78, 5) is 11.5. The Morgan fingerprint density at radius 2 is 2.06 bits per heavy atom. The number of benzene rings is 2. The van der Waals surface area contributed by atoms with Crippen molar-refractivity contribution in [2.45, 2.75) is 57.0 Å². The highest BCUT2D eigenvalue weighted by Crippen LogP contribution is 2.54. The minimum absolute atomic E-state index is 0.0734. The second-order valence-electron chi connectivity index (χ2n) is 10.0. The average Bonchev–Trinajstić information content (AvgIpc) is 3.37. The summed E-state index contributed by atoms with van der Waals surface area (Å²) in [5, 5.41) is 26.3. The molecule has 0 atom stereocenters. The Labute approximate surface area is 199 Å². The Morgan fingerprint density at radius 1 is 1.34 bits per heavy atom. The van der Waals surface area contributed by atoms with Crippen molar-refractivity contribution >= 4 is 27.8 Å². The van der Waals surface area contributed by atoms with E-state index in [1.807, 2.05) is 13.8 Å². The summed E-state index contributed by atoms with van der Waals surface area (Å²) in [5.74, 6) is -3.09. The zero-order valence-electron chi connectivity index (χ0n) is 19.4. The van der Waals surface area contributed by atoms with Crippen LogP contribution in [-0.4, -0.2) is 31.5 Å². The van der Waals surface area contributed by atoms with Crippen molar-refractivity contribution in [3.05, 3.63) is 58.9 Å². The number of hydrogen-bond donors (Lipinski definition) is 2. The minimum atomic E-state index is -2.39. The number of aromatic nitrogens is 3. The van der Waals surface area contributed by atoms with Crippen LogP contribution in [0.4, 0.5) is 13.2 Å². The lowest BCUT2D eigenvalue weighted by molar-refractivity contribution is -0.158. The van der Waals surface area contributed by atoms with Gasteiger partial charge in [-0.3, -0.25) is 5.10 Å². The second kappa shape index (κ2) is 7.60. The number of nitrogens with zero attached hydrogens (tertiary/aromatic N) is 3. The van der Waals surface area contributed by atoms with E-state index < -0.39 is 34.6 Å². The third kappa shape index (κ3) is 3.31. The average molecular weight is 480 g/mol. The van der Waals surface area contributed by atoms with Gasteiger partial charge in [0.1, 0.15) is 11.3 Å². The van der Waals surface area contributed by atoms with E-state index in [0.29, 0.717) is 33.4 Å². The smallest absolute Gasteiger partial charge is 0.341 e. The molecular weight excluding hydrogens is 457 g/mol. The maximum atomic E-state index is 16.0. The molecule has 1 saturated carbocycles. The molecule has 0 radical (unpaired) electrons. The molecular formula is C26H23F3N4O2. The lowest BCUT2D eigenvalue weighted by atomic mass is 9.66. The van der Waals surface area contributed by atoms with Crippen LogP contribution in [0.1, 0.15) is 55.8 Å². The van der Waals surface area contributed by atoms with Crippen LogP contribution in [0.3, 0.4) is 0 Å². The Hall–Kier alpha value is -3.80. The molecule has 1 fully saturated rings. The Kier molecular flexibility index (Phi) is 4.99. The highest BCUT2D eigenvalue weighted by atomic mass is 19.1. The highest BCUT2D eigenvalue weighted by Gasteiger charge is 2.54. The summed E-state index contributed by atoms with van der Waals surface area (Å²) < 4.78 is 46.8. The molecule has 180 valence electrons. The largest absolute Gasteiger partial charge is 0.479 e. The number of aromatic amines is 1. The molecule has 5 rings (SSSR count). The summed E-state index contributed by atoms with van der Waals surface area (Å²) in [6, 6.07) is 8.47. The first-order valence-corrected chi connectivity index (χ1v) is 11.2. The van der Waals surface area contributed by atoms with Crippen molar-refractivity contribution in [3.8, 4) is 11.8 Å². The number of carboxylic acid groups (broad SMARTS) is 1. The maximum absolute atomic E-state index is 16.0. The predicted octanol–water partition coefficient (Wildman–Crippen LogP) is 5.96. The van der Waals surface area contributed by atoms with Gasteiger partial charge in [0.05, 0.1) is 17.8 Å². The molecule has 1 aliphatic rings. The van der Waals surface area contributed by atoms with Crippen LogP contribution >= 0.6 is 0 Å². The summed E-state index contributed by atoms with van der Waals surface area (Å²) in [7, 11) is 0. The van der Waals surface area contributed by atoms with E-state index in [0.717, 1.165) is 0 Å². The van der Waals surface area contributed by atoms with Crippen LogP contribution in [0.2, 0.25) is 0 Å². The zero-order chi connectivity index (χ0) is 25.3. The van der Waals surface area contributed by atoms with Crippen molar-refractivity contribution in [1.29, 1.82) is 5.26 Å². The number of carbonyl (C=O) groups is 1. The fourth-order valence-electron chi connectivity index (χ4n) is 5.31. The van der Waals surface area contributed by atoms with E-state index in [1.54, 1.807) is 29.7 Å². The van der Waals surface area contributed by atoms with Gasteiger partial charge in [-0.05, 0) is 61.1 Å². The van der Waals surface area contributed by atoms with E-state index in [1.165, 1.54) is 12.3 Å². The molecule has 4 aromatic rings. The number of halogens is 3. The van der Waals surface area contributed by atoms with Gasteiger partial charge in [0.2, 0.25) is 5.67 Å². The number of H-pyrrole nitrogens is 1. The number of fused-ring (bicyclic) bond motifs is 2. The molecule has 2 N–H and O–H groups in total. The van der Waals surface area contributed by atoms with Crippen LogP contribution in [0.5, 0.6) is 0 Å². The summed E-state index contributed by atoms with van der Waals surface area (Å²) in [5.41, 5.74) is -0.560. The molecule has 0 spiro atoms. The summed E-state index contributed by atoms with van der Waals surface area (Å²) >= 11 is 0. The standard InChI is InChI=1S/C26H23F3N4O2/c1-13-8-16(4-5-17(13)27)33-18-9-14-12-31-32-22(14)21(28)20(18)19(23(33)25(2,3)6-7-30)15-10-26(29,11-15)24(34)35/h4-5,8-9,12,15H,6,10-11H2,1-3H3,(H,31,32)(H,34,35)/t15-,26+. The Balaban J connectivity index is 1.92. The maximum Gasteiger partial charge on any atom is 0.341 e. The van der Waals surface area contributed by atoms with Crippen LogP contribution in [0.25, 0.3) is 27.5 Å². The monoisotopic (exact) mass is 480 g/mol. The molecule has 0 bridgehead atoms. The molecule has 0 amide bonds. The normalized spacial score (nSPS) is 20.2. The van der Waals surface area contributed by atoms with E-state index >= 15 is 4.39 Å². The van der Waals surface area contributed by atoms with E-state index in [4.69, 9.17) is 0 Å². The molecule has 2 aromatic carbocycles. The van der Waals surface area contributed by atoms with Gasteiger partial charge in [-0.1, -0.05) is 13.8 Å². The van der Waals surface area contributed by atoms with E-state index in [2.05, 4.69) is 16.3 Å². The fourth-order valence-corrected chi connectivity index (χ4v) is 5.31. The molecule has 2 heterocycles. The Bertz CT molecular complexity index is 1550. The number of carboxylic acids is 1. The van der Waals surface area contributed by atoms with Gasteiger partial charge in [-0.25, -0.2) is 18.0 Å². The van der Waals surface area contributed by atoms with E-state index in [9.17, 15) is 23.9 Å². The van der Waals surface area contributed by atoms with Gasteiger partial charge in [0.25, 0.3) is 0 Å². The van der Waals surface area contributed by atoms with Crippen LogP contribution < -0.4 is 0 Å². The molecule has 6 nitrogen and oxygen atoms in total. The molecule has 2 aromatic heterocycles. The van der Waals surface area contributed by atoms with E-state index in [-0.39, 0.29) is 30.2 Å². The van der Waals surface area contributed by atoms with Gasteiger partial charge in [0, 0.05) is 34.0 Å². The first kappa shape index (κ1) is 23.0. The minimum Gasteiger partial charge on any atom is -0.479 e. The highest BCUT2D eigenvalue weighted by molar-refractivity contribution is 6.00. The van der Waals surface area contributed by atoms with Gasteiger partial charge in [-0.2, -0.15) is 10.4 Å². The van der Waals surface area contributed by atoms with Gasteiger partial charge in [0.15, 0.2) is 5.82 Å². The SMILES string of the molecule is Cc1cc(-n2c(C(C)(C)CC#N)c([C@H]3C[C@](F)(C(=O)O)C3)c3c(F)c4[nH]ncc4cc32)ccc1F. The van der Waals surface area contributed by atoms with Crippen LogP contribution in [0, 0.1) is 29.9 Å². The first-order chi connectivity index (χ1) is 16.5. The van der Waals surface area contributed by atoms with Crippen molar-refractivity contribution in [3.63, 3.8) is 0 Å². The first-order valence-electron chi connectivity index (χ1n) is 11.2. The molecule has 1 aliphatic carbocycles. The molecule has 0 aliphatic heterocycles. The number of nitrogens with one attached hydrogen (secondary N) is 1. The number of alkyl halides is 1. The topological polar surface area (TPSA) is 94.7 Å².